The van der Waals surface area contributed by atoms with Crippen LogP contribution in [0.3, 0.4) is 0 Å². The Labute approximate surface area is 117 Å². The maximum Gasteiger partial charge on any atom is 0.322 e. The molecule has 8 nitrogen and oxygen atoms in total. The SMILES string of the molecule is CN(CC1CCCCO1)C(=O)NCC(=O)NCC(=O)O. The van der Waals surface area contributed by atoms with Gasteiger partial charge < -0.3 is 25.4 Å². The second-order valence-corrected chi connectivity index (χ2v) is 4.70. The maximum absolute atomic E-state index is 11.7. The van der Waals surface area contributed by atoms with Crippen molar-refractivity contribution in [2.24, 2.45) is 0 Å². The van der Waals surface area contributed by atoms with Crippen molar-refractivity contribution >= 4 is 17.9 Å². The highest BCUT2D eigenvalue weighted by atomic mass is 16.5. The number of nitrogens with zero attached hydrogens (tertiary/aromatic N) is 1. The van der Waals surface area contributed by atoms with E-state index in [0.29, 0.717) is 6.54 Å². The molecule has 3 N–H and O–H groups in total. The van der Waals surface area contributed by atoms with E-state index in [1.54, 1.807) is 7.05 Å². The summed E-state index contributed by atoms with van der Waals surface area (Å²) in [5.74, 6) is -1.67. The van der Waals surface area contributed by atoms with E-state index in [9.17, 15) is 14.4 Å². The molecule has 1 heterocycles. The van der Waals surface area contributed by atoms with Crippen LogP contribution >= 0.6 is 0 Å². The van der Waals surface area contributed by atoms with E-state index in [1.165, 1.54) is 4.90 Å². The number of urea groups is 1. The average Bonchev–Trinajstić information content (AvgIpc) is 2.43. The standard InChI is InChI=1S/C12H21N3O5/c1-15(8-9-4-2-3-5-20-9)12(19)14-6-10(16)13-7-11(17)18/h9H,2-8H2,1H3,(H,13,16)(H,14,19)(H,17,18). The molecule has 1 atom stereocenters. The minimum absolute atomic E-state index is 0.0420. The van der Waals surface area contributed by atoms with Crippen molar-refractivity contribution in [3.63, 3.8) is 0 Å². The first-order valence-electron chi connectivity index (χ1n) is 6.58. The number of ether oxygens (including phenoxy) is 1. The van der Waals surface area contributed by atoms with E-state index in [1.807, 2.05) is 0 Å². The largest absolute Gasteiger partial charge is 0.480 e. The molecule has 1 fully saturated rings. The topological polar surface area (TPSA) is 108 Å². The first-order chi connectivity index (χ1) is 9.49. The number of carbonyl (C=O) groups is 3. The van der Waals surface area contributed by atoms with Gasteiger partial charge in [0.05, 0.1) is 12.6 Å². The van der Waals surface area contributed by atoms with E-state index >= 15 is 0 Å². The van der Waals surface area contributed by atoms with E-state index in [4.69, 9.17) is 9.84 Å². The number of amides is 3. The lowest BCUT2D eigenvalue weighted by atomic mass is 10.1. The Morgan fingerprint density at radius 2 is 2.00 bits per heavy atom. The van der Waals surface area contributed by atoms with Gasteiger partial charge in [0.2, 0.25) is 5.91 Å². The van der Waals surface area contributed by atoms with E-state index in [-0.39, 0.29) is 18.7 Å². The molecule has 3 amide bonds. The Morgan fingerprint density at radius 3 is 2.60 bits per heavy atom. The molecule has 0 aromatic rings. The van der Waals surface area contributed by atoms with Gasteiger partial charge in [0.25, 0.3) is 0 Å². The van der Waals surface area contributed by atoms with E-state index in [2.05, 4.69) is 10.6 Å². The van der Waals surface area contributed by atoms with Crippen molar-refractivity contribution in [1.82, 2.24) is 15.5 Å². The third-order valence-electron chi connectivity index (χ3n) is 2.94. The van der Waals surface area contributed by atoms with Gasteiger partial charge >= 0.3 is 12.0 Å². The number of hydrogen-bond donors (Lipinski definition) is 3. The van der Waals surface area contributed by atoms with Gasteiger partial charge in [-0.05, 0) is 19.3 Å². The molecule has 0 aromatic carbocycles. The second-order valence-electron chi connectivity index (χ2n) is 4.70. The summed E-state index contributed by atoms with van der Waals surface area (Å²) in [7, 11) is 1.63. The van der Waals surface area contributed by atoms with Crippen molar-refractivity contribution < 1.29 is 24.2 Å². The molecule has 114 valence electrons. The zero-order valence-corrected chi connectivity index (χ0v) is 11.6. The van der Waals surface area contributed by atoms with Crippen LogP contribution in [0, 0.1) is 0 Å². The molecule has 8 heteroatoms. The molecule has 0 aliphatic carbocycles. The molecule has 0 bridgehead atoms. The molecule has 0 aromatic heterocycles. The summed E-state index contributed by atoms with van der Waals surface area (Å²) in [5.41, 5.74) is 0. The predicted octanol–water partition coefficient (Wildman–Crippen LogP) is -0.602. The molecule has 1 aliphatic heterocycles. The number of likely N-dealkylation sites (N-methyl/N-ethyl adjacent to an activating group) is 1. The van der Waals surface area contributed by atoms with Crippen LogP contribution in [0.25, 0.3) is 0 Å². The lowest BCUT2D eigenvalue weighted by Gasteiger charge is -2.27. The Hall–Kier alpha value is -1.83. The lowest BCUT2D eigenvalue weighted by molar-refractivity contribution is -0.137. The molecule has 0 radical (unpaired) electrons. The highest BCUT2D eigenvalue weighted by Crippen LogP contribution is 2.13. The van der Waals surface area contributed by atoms with Crippen molar-refractivity contribution in [2.75, 3.05) is 33.3 Å². The molecular formula is C12H21N3O5. The van der Waals surface area contributed by atoms with Gasteiger partial charge in [-0.3, -0.25) is 9.59 Å². The first kappa shape index (κ1) is 16.2. The third kappa shape index (κ3) is 6.37. The predicted molar refractivity (Wildman–Crippen MR) is 70.3 cm³/mol. The van der Waals surface area contributed by atoms with Crippen LogP contribution in [0.1, 0.15) is 19.3 Å². The van der Waals surface area contributed by atoms with E-state index in [0.717, 1.165) is 25.9 Å². The zero-order chi connectivity index (χ0) is 15.0. The van der Waals surface area contributed by atoms with Crippen LogP contribution in [0.15, 0.2) is 0 Å². The van der Waals surface area contributed by atoms with Gasteiger partial charge in [0.15, 0.2) is 0 Å². The number of rotatable bonds is 6. The number of carboxylic acid groups (broad SMARTS) is 1. The van der Waals surface area contributed by atoms with Gasteiger partial charge in [-0.15, -0.1) is 0 Å². The van der Waals surface area contributed by atoms with Gasteiger partial charge in [0.1, 0.15) is 6.54 Å². The van der Waals surface area contributed by atoms with Gasteiger partial charge in [-0.1, -0.05) is 0 Å². The number of carboxylic acids is 1. The van der Waals surface area contributed by atoms with Crippen molar-refractivity contribution in [3.05, 3.63) is 0 Å². The lowest BCUT2D eigenvalue weighted by Crippen LogP contribution is -2.46. The average molecular weight is 287 g/mol. The van der Waals surface area contributed by atoms with Gasteiger partial charge in [0, 0.05) is 20.2 Å². The summed E-state index contributed by atoms with van der Waals surface area (Å²) < 4.78 is 5.52. The third-order valence-corrected chi connectivity index (χ3v) is 2.94. The molecule has 0 spiro atoms. The first-order valence-corrected chi connectivity index (χ1v) is 6.58. The number of aliphatic carboxylic acids is 1. The van der Waals surface area contributed by atoms with Crippen LogP contribution < -0.4 is 10.6 Å². The maximum atomic E-state index is 11.7. The van der Waals surface area contributed by atoms with Crippen LogP contribution in [0.2, 0.25) is 0 Å². The fraction of sp³-hybridized carbons (Fsp3) is 0.750. The zero-order valence-electron chi connectivity index (χ0n) is 11.6. The molecular weight excluding hydrogens is 266 g/mol. The fourth-order valence-corrected chi connectivity index (χ4v) is 1.87. The monoisotopic (exact) mass is 287 g/mol. The van der Waals surface area contributed by atoms with Crippen LogP contribution in [0.5, 0.6) is 0 Å². The summed E-state index contributed by atoms with van der Waals surface area (Å²) in [4.78, 5) is 34.7. The number of carbonyl (C=O) groups excluding carboxylic acids is 2. The van der Waals surface area contributed by atoms with Crippen LogP contribution in [0.4, 0.5) is 4.79 Å². The Bertz CT molecular complexity index is 355. The normalized spacial score (nSPS) is 18.1. The molecule has 1 rings (SSSR count). The van der Waals surface area contributed by atoms with Crippen molar-refractivity contribution in [3.8, 4) is 0 Å². The number of nitrogens with one attached hydrogen (secondary N) is 2. The highest BCUT2D eigenvalue weighted by Gasteiger charge is 2.19. The molecule has 1 saturated heterocycles. The molecule has 0 saturated carbocycles. The fourth-order valence-electron chi connectivity index (χ4n) is 1.87. The van der Waals surface area contributed by atoms with Crippen LogP contribution in [-0.4, -0.2) is 67.3 Å². The Kier molecular flexibility index (Phi) is 6.78. The Balaban J connectivity index is 2.20. The summed E-state index contributed by atoms with van der Waals surface area (Å²) in [6, 6.07) is -0.385. The summed E-state index contributed by atoms with van der Waals surface area (Å²) >= 11 is 0. The Morgan fingerprint density at radius 1 is 1.25 bits per heavy atom. The smallest absolute Gasteiger partial charge is 0.322 e. The minimum atomic E-state index is -1.13. The number of hydrogen-bond acceptors (Lipinski definition) is 4. The summed E-state index contributed by atoms with van der Waals surface area (Å²) in [6.07, 6.45) is 3.12. The van der Waals surface area contributed by atoms with Crippen molar-refractivity contribution in [2.45, 2.75) is 25.4 Å². The molecule has 20 heavy (non-hydrogen) atoms. The highest BCUT2D eigenvalue weighted by molar-refractivity contribution is 5.86. The quantitative estimate of drug-likeness (QED) is 0.604. The van der Waals surface area contributed by atoms with Gasteiger partial charge in [-0.25, -0.2) is 4.79 Å². The van der Waals surface area contributed by atoms with Gasteiger partial charge in [-0.2, -0.15) is 0 Å². The minimum Gasteiger partial charge on any atom is -0.480 e. The van der Waals surface area contributed by atoms with Crippen molar-refractivity contribution in [1.29, 1.82) is 0 Å². The molecule has 1 unspecified atom stereocenters. The molecule has 1 aliphatic rings. The second kappa shape index (κ2) is 8.36. The van der Waals surface area contributed by atoms with E-state index < -0.39 is 18.4 Å². The summed E-state index contributed by atoms with van der Waals surface area (Å²) in [5, 5.41) is 13.0. The van der Waals surface area contributed by atoms with Crippen LogP contribution in [-0.2, 0) is 14.3 Å². The summed E-state index contributed by atoms with van der Waals surface area (Å²) in [6.45, 7) is 0.489.